The Balaban J connectivity index is 1.72. The Morgan fingerprint density at radius 2 is 1.25 bits per heavy atom. The van der Waals surface area contributed by atoms with Crippen LogP contribution in [0.1, 0.15) is 90.4 Å². The summed E-state index contributed by atoms with van der Waals surface area (Å²) >= 11 is 1.98. The average Bonchev–Trinajstić information content (AvgIpc) is 2.49. The summed E-state index contributed by atoms with van der Waals surface area (Å²) in [7, 11) is 0. The number of allylic oxidation sites excluding steroid dienone is 2. The topological polar surface area (TPSA) is 0 Å². The van der Waals surface area contributed by atoms with Crippen molar-refractivity contribution >= 4 is 11.8 Å². The summed E-state index contributed by atoms with van der Waals surface area (Å²) in [4.78, 5) is 0. The molecule has 0 bridgehead atoms. The number of rotatable bonds is 13. The van der Waals surface area contributed by atoms with Gasteiger partial charge in [-0.05, 0) is 11.8 Å². The molecule has 0 amide bonds. The highest BCUT2D eigenvalue weighted by atomic mass is 32.2. The van der Waals surface area contributed by atoms with E-state index in [1.165, 1.54) is 83.5 Å². The maximum absolute atomic E-state index is 2.35. The first-order valence-corrected chi connectivity index (χ1v) is 9.86. The van der Waals surface area contributed by atoms with Crippen molar-refractivity contribution in [3.63, 3.8) is 0 Å². The van der Waals surface area contributed by atoms with E-state index in [0.717, 1.165) is 5.25 Å². The summed E-state index contributed by atoms with van der Waals surface area (Å²) in [6, 6.07) is 0. The van der Waals surface area contributed by atoms with Crippen molar-refractivity contribution in [2.24, 2.45) is 0 Å². The predicted molar refractivity (Wildman–Crippen MR) is 95.4 cm³/mol. The van der Waals surface area contributed by atoms with Gasteiger partial charge >= 0.3 is 0 Å². The van der Waals surface area contributed by atoms with E-state index < -0.39 is 0 Å². The SMILES string of the molecule is CCCCCCCCCCCCCCC1C=CC=CS1. The van der Waals surface area contributed by atoms with Gasteiger partial charge in [0.15, 0.2) is 0 Å². The van der Waals surface area contributed by atoms with Crippen LogP contribution in [0, 0.1) is 0 Å². The fourth-order valence-corrected chi connectivity index (χ4v) is 3.64. The maximum Gasteiger partial charge on any atom is 0.0271 e. The number of thioether (sulfide) groups is 1. The third kappa shape index (κ3) is 10.6. The first kappa shape index (κ1) is 17.9. The first-order chi connectivity index (χ1) is 9.93. The molecule has 1 rings (SSSR count). The van der Waals surface area contributed by atoms with Crippen molar-refractivity contribution in [1.29, 1.82) is 0 Å². The molecule has 1 aliphatic rings. The van der Waals surface area contributed by atoms with Crippen LogP contribution in [-0.4, -0.2) is 5.25 Å². The van der Waals surface area contributed by atoms with E-state index in [2.05, 4.69) is 30.6 Å². The van der Waals surface area contributed by atoms with Gasteiger partial charge in [0.25, 0.3) is 0 Å². The molecule has 20 heavy (non-hydrogen) atoms. The first-order valence-electron chi connectivity index (χ1n) is 8.92. The van der Waals surface area contributed by atoms with Crippen molar-refractivity contribution in [1.82, 2.24) is 0 Å². The molecule has 0 aromatic rings. The smallest absolute Gasteiger partial charge is 0.0271 e. The van der Waals surface area contributed by atoms with E-state index in [4.69, 9.17) is 0 Å². The lowest BCUT2D eigenvalue weighted by atomic mass is 10.0. The van der Waals surface area contributed by atoms with E-state index in [1.807, 2.05) is 11.8 Å². The fraction of sp³-hybridized carbons (Fsp3) is 0.789. The number of hydrogen-bond donors (Lipinski definition) is 0. The lowest BCUT2D eigenvalue weighted by Gasteiger charge is -2.11. The van der Waals surface area contributed by atoms with Crippen LogP contribution >= 0.6 is 11.8 Å². The zero-order valence-corrected chi connectivity index (χ0v) is 14.3. The summed E-state index contributed by atoms with van der Waals surface area (Å²) in [6.07, 6.45) is 25.4. The Hall–Kier alpha value is -0.170. The summed E-state index contributed by atoms with van der Waals surface area (Å²) < 4.78 is 0. The molecule has 1 heterocycles. The maximum atomic E-state index is 2.35. The second-order valence-electron chi connectivity index (χ2n) is 6.07. The normalized spacial score (nSPS) is 17.8. The second kappa shape index (κ2) is 13.8. The van der Waals surface area contributed by atoms with E-state index in [1.54, 1.807) is 0 Å². The Morgan fingerprint density at radius 3 is 1.75 bits per heavy atom. The van der Waals surface area contributed by atoms with Gasteiger partial charge in [-0.1, -0.05) is 102 Å². The summed E-state index contributed by atoms with van der Waals surface area (Å²) in [6.45, 7) is 2.29. The summed E-state index contributed by atoms with van der Waals surface area (Å²) in [5.41, 5.74) is 0. The van der Waals surface area contributed by atoms with Crippen LogP contribution in [0.25, 0.3) is 0 Å². The molecule has 0 fully saturated rings. The van der Waals surface area contributed by atoms with Crippen LogP contribution in [0.15, 0.2) is 23.6 Å². The molecule has 0 radical (unpaired) electrons. The molecule has 0 aliphatic carbocycles. The van der Waals surface area contributed by atoms with Gasteiger partial charge in [0, 0.05) is 5.25 Å². The van der Waals surface area contributed by atoms with Gasteiger partial charge in [-0.3, -0.25) is 0 Å². The van der Waals surface area contributed by atoms with E-state index in [-0.39, 0.29) is 0 Å². The van der Waals surface area contributed by atoms with Crippen molar-refractivity contribution < 1.29 is 0 Å². The van der Waals surface area contributed by atoms with Crippen molar-refractivity contribution in [3.05, 3.63) is 23.6 Å². The Kier molecular flexibility index (Phi) is 12.3. The average molecular weight is 295 g/mol. The Bertz CT molecular complexity index is 254. The molecule has 0 nitrogen and oxygen atoms in total. The van der Waals surface area contributed by atoms with E-state index >= 15 is 0 Å². The highest BCUT2D eigenvalue weighted by molar-refractivity contribution is 8.02. The summed E-state index contributed by atoms with van der Waals surface area (Å²) in [5, 5.41) is 2.98. The highest BCUT2D eigenvalue weighted by Gasteiger charge is 2.04. The van der Waals surface area contributed by atoms with Crippen molar-refractivity contribution in [2.75, 3.05) is 0 Å². The van der Waals surface area contributed by atoms with Crippen LogP contribution in [-0.2, 0) is 0 Å². The Morgan fingerprint density at radius 1 is 0.700 bits per heavy atom. The van der Waals surface area contributed by atoms with Crippen LogP contribution in [0.5, 0.6) is 0 Å². The number of hydrogen-bond acceptors (Lipinski definition) is 1. The molecule has 0 aromatic heterocycles. The van der Waals surface area contributed by atoms with Crippen LogP contribution in [0.2, 0.25) is 0 Å². The van der Waals surface area contributed by atoms with E-state index in [0.29, 0.717) is 0 Å². The summed E-state index contributed by atoms with van der Waals surface area (Å²) in [5.74, 6) is 0. The molecule has 0 aromatic carbocycles. The third-order valence-corrected chi connectivity index (χ3v) is 5.17. The van der Waals surface area contributed by atoms with Crippen LogP contribution in [0.3, 0.4) is 0 Å². The van der Waals surface area contributed by atoms with Gasteiger partial charge in [-0.25, -0.2) is 0 Å². The molecular weight excluding hydrogens is 260 g/mol. The molecule has 1 heteroatoms. The molecule has 0 saturated carbocycles. The molecule has 1 unspecified atom stereocenters. The standard InChI is InChI=1S/C19H34S/c1-2-3-4-5-6-7-8-9-10-11-12-13-16-19-17-14-15-18-20-19/h14-15,17-19H,2-13,16H2,1H3. The molecule has 116 valence electrons. The zero-order valence-electron chi connectivity index (χ0n) is 13.5. The van der Waals surface area contributed by atoms with Gasteiger partial charge in [-0.15, -0.1) is 11.8 Å². The zero-order chi connectivity index (χ0) is 14.3. The minimum Gasteiger partial charge on any atom is -0.127 e. The quantitative estimate of drug-likeness (QED) is 0.322. The molecule has 0 saturated heterocycles. The third-order valence-electron chi connectivity index (χ3n) is 4.11. The van der Waals surface area contributed by atoms with E-state index in [9.17, 15) is 0 Å². The van der Waals surface area contributed by atoms with Gasteiger partial charge < -0.3 is 0 Å². The van der Waals surface area contributed by atoms with Gasteiger partial charge in [0.1, 0.15) is 0 Å². The minimum absolute atomic E-state index is 0.753. The largest absolute Gasteiger partial charge is 0.127 e. The molecule has 0 N–H and O–H groups in total. The van der Waals surface area contributed by atoms with Crippen molar-refractivity contribution in [2.45, 2.75) is 95.6 Å². The fourth-order valence-electron chi connectivity index (χ4n) is 2.78. The molecule has 1 atom stereocenters. The lowest BCUT2D eigenvalue weighted by molar-refractivity contribution is 0.541. The van der Waals surface area contributed by atoms with Crippen LogP contribution in [0.4, 0.5) is 0 Å². The Labute approximate surface area is 131 Å². The van der Waals surface area contributed by atoms with Gasteiger partial charge in [0.2, 0.25) is 0 Å². The van der Waals surface area contributed by atoms with Gasteiger partial charge in [-0.2, -0.15) is 0 Å². The molecule has 1 aliphatic heterocycles. The molecular formula is C19H34S. The second-order valence-corrected chi connectivity index (χ2v) is 7.22. The minimum atomic E-state index is 0.753. The molecule has 0 spiro atoms. The highest BCUT2D eigenvalue weighted by Crippen LogP contribution is 2.23. The number of unbranched alkanes of at least 4 members (excludes halogenated alkanes) is 11. The van der Waals surface area contributed by atoms with Crippen molar-refractivity contribution in [3.8, 4) is 0 Å². The monoisotopic (exact) mass is 294 g/mol. The van der Waals surface area contributed by atoms with Gasteiger partial charge in [0.05, 0.1) is 0 Å². The predicted octanol–water partition coefficient (Wildman–Crippen LogP) is 7.26. The lowest BCUT2D eigenvalue weighted by Crippen LogP contribution is -1.98. The van der Waals surface area contributed by atoms with Crippen LogP contribution < -0.4 is 0 Å².